The summed E-state index contributed by atoms with van der Waals surface area (Å²) in [6, 6.07) is 4.17. The fourth-order valence-corrected chi connectivity index (χ4v) is 1.38. The number of hydrogen-bond donors (Lipinski definition) is 1. The SMILES string of the molecule is CC[C@@H](C)NC(=O)c1ccc(OC)c([N+](=O)[O-])c1. The van der Waals surface area contributed by atoms with Gasteiger partial charge in [-0.1, -0.05) is 6.92 Å². The summed E-state index contributed by atoms with van der Waals surface area (Å²) in [6.45, 7) is 3.82. The number of carbonyl (C=O) groups excluding carboxylic acids is 1. The number of nitrogens with zero attached hydrogens (tertiary/aromatic N) is 1. The van der Waals surface area contributed by atoms with Gasteiger partial charge in [-0.05, 0) is 25.5 Å². The third-order valence-corrected chi connectivity index (χ3v) is 2.63. The lowest BCUT2D eigenvalue weighted by Gasteiger charge is -2.11. The van der Waals surface area contributed by atoms with E-state index in [0.717, 1.165) is 6.42 Å². The normalized spacial score (nSPS) is 11.7. The van der Waals surface area contributed by atoms with Crippen LogP contribution in [-0.2, 0) is 0 Å². The van der Waals surface area contributed by atoms with Crippen molar-refractivity contribution < 1.29 is 14.5 Å². The third kappa shape index (κ3) is 3.19. The smallest absolute Gasteiger partial charge is 0.311 e. The molecule has 18 heavy (non-hydrogen) atoms. The van der Waals surface area contributed by atoms with Crippen molar-refractivity contribution >= 4 is 11.6 Å². The Balaban J connectivity index is 3.01. The molecule has 0 fully saturated rings. The summed E-state index contributed by atoms with van der Waals surface area (Å²) in [5.74, 6) is -0.185. The molecule has 0 bridgehead atoms. The number of nitro groups is 1. The topological polar surface area (TPSA) is 81.5 Å². The molecule has 6 nitrogen and oxygen atoms in total. The van der Waals surface area contributed by atoms with Gasteiger partial charge in [-0.25, -0.2) is 0 Å². The van der Waals surface area contributed by atoms with Gasteiger partial charge in [0.05, 0.1) is 12.0 Å². The molecule has 0 saturated carbocycles. The molecule has 1 N–H and O–H groups in total. The number of nitro benzene ring substituents is 1. The molecule has 0 radical (unpaired) electrons. The fourth-order valence-electron chi connectivity index (χ4n) is 1.38. The van der Waals surface area contributed by atoms with Crippen LogP contribution in [0.15, 0.2) is 18.2 Å². The van der Waals surface area contributed by atoms with Gasteiger partial charge in [0.25, 0.3) is 5.91 Å². The highest BCUT2D eigenvalue weighted by Gasteiger charge is 2.18. The van der Waals surface area contributed by atoms with Crippen LogP contribution in [0.1, 0.15) is 30.6 Å². The van der Waals surface area contributed by atoms with Crippen molar-refractivity contribution in [2.45, 2.75) is 26.3 Å². The van der Waals surface area contributed by atoms with Gasteiger partial charge in [-0.2, -0.15) is 0 Å². The molecule has 1 aromatic rings. The maximum absolute atomic E-state index is 11.8. The summed E-state index contributed by atoms with van der Waals surface area (Å²) < 4.78 is 4.87. The second kappa shape index (κ2) is 6.00. The molecule has 0 aliphatic rings. The number of ether oxygens (including phenoxy) is 1. The van der Waals surface area contributed by atoms with Crippen LogP contribution in [0.5, 0.6) is 5.75 Å². The van der Waals surface area contributed by atoms with E-state index in [1.807, 2.05) is 13.8 Å². The molecule has 0 spiro atoms. The molecule has 6 heteroatoms. The molecular formula is C12H16N2O4. The first-order chi connectivity index (χ1) is 8.49. The summed E-state index contributed by atoms with van der Waals surface area (Å²) in [5, 5.41) is 13.6. The number of amides is 1. The van der Waals surface area contributed by atoms with E-state index in [9.17, 15) is 14.9 Å². The minimum Gasteiger partial charge on any atom is -0.490 e. The van der Waals surface area contributed by atoms with Gasteiger partial charge < -0.3 is 10.1 Å². The predicted molar refractivity (Wildman–Crippen MR) is 66.9 cm³/mol. The van der Waals surface area contributed by atoms with Crippen LogP contribution < -0.4 is 10.1 Å². The fraction of sp³-hybridized carbons (Fsp3) is 0.417. The summed E-state index contributed by atoms with van der Waals surface area (Å²) >= 11 is 0. The maximum Gasteiger partial charge on any atom is 0.311 e. The van der Waals surface area contributed by atoms with E-state index in [2.05, 4.69) is 5.32 Å². The highest BCUT2D eigenvalue weighted by molar-refractivity contribution is 5.95. The highest BCUT2D eigenvalue weighted by Crippen LogP contribution is 2.27. The molecule has 1 aromatic carbocycles. The first kappa shape index (κ1) is 14.0. The average molecular weight is 252 g/mol. The van der Waals surface area contributed by atoms with Crippen LogP contribution in [0.3, 0.4) is 0 Å². The van der Waals surface area contributed by atoms with Gasteiger partial charge in [0, 0.05) is 17.7 Å². The number of methoxy groups -OCH3 is 1. The van der Waals surface area contributed by atoms with Crippen LogP contribution in [0.25, 0.3) is 0 Å². The lowest BCUT2D eigenvalue weighted by atomic mass is 10.1. The van der Waals surface area contributed by atoms with E-state index in [0.29, 0.717) is 0 Å². The number of nitrogens with one attached hydrogen (secondary N) is 1. The van der Waals surface area contributed by atoms with Crippen molar-refractivity contribution in [3.05, 3.63) is 33.9 Å². The number of rotatable bonds is 5. The Morgan fingerprint density at radius 3 is 2.72 bits per heavy atom. The zero-order valence-corrected chi connectivity index (χ0v) is 10.6. The largest absolute Gasteiger partial charge is 0.490 e. The number of benzene rings is 1. The Morgan fingerprint density at radius 1 is 1.56 bits per heavy atom. The van der Waals surface area contributed by atoms with Gasteiger partial charge in [0.1, 0.15) is 0 Å². The monoisotopic (exact) mass is 252 g/mol. The van der Waals surface area contributed by atoms with Gasteiger partial charge >= 0.3 is 5.69 Å². The summed E-state index contributed by atoms with van der Waals surface area (Å²) in [4.78, 5) is 22.1. The zero-order chi connectivity index (χ0) is 13.7. The highest BCUT2D eigenvalue weighted by atomic mass is 16.6. The summed E-state index contributed by atoms with van der Waals surface area (Å²) in [6.07, 6.45) is 0.796. The molecule has 98 valence electrons. The van der Waals surface area contributed by atoms with Crippen LogP contribution >= 0.6 is 0 Å². The van der Waals surface area contributed by atoms with Gasteiger partial charge in [0.2, 0.25) is 0 Å². The second-order valence-electron chi connectivity index (χ2n) is 3.93. The van der Waals surface area contributed by atoms with E-state index in [-0.39, 0.29) is 28.9 Å². The van der Waals surface area contributed by atoms with Crippen molar-refractivity contribution in [2.24, 2.45) is 0 Å². The molecule has 0 heterocycles. The Hall–Kier alpha value is -2.11. The van der Waals surface area contributed by atoms with Crippen molar-refractivity contribution in [1.82, 2.24) is 5.32 Å². The quantitative estimate of drug-likeness (QED) is 0.643. The molecule has 1 rings (SSSR count). The third-order valence-electron chi connectivity index (χ3n) is 2.63. The van der Waals surface area contributed by atoms with Gasteiger partial charge in [0.15, 0.2) is 5.75 Å². The van der Waals surface area contributed by atoms with E-state index >= 15 is 0 Å². The Kier molecular flexibility index (Phi) is 4.65. The minimum absolute atomic E-state index is 0.0265. The Bertz CT molecular complexity index is 459. The second-order valence-corrected chi connectivity index (χ2v) is 3.93. The summed E-state index contributed by atoms with van der Waals surface area (Å²) in [5.41, 5.74) is 0.0390. The Morgan fingerprint density at radius 2 is 2.22 bits per heavy atom. The standard InChI is InChI=1S/C12H16N2O4/c1-4-8(2)13-12(15)9-5-6-11(18-3)10(7-9)14(16)17/h5-8H,4H2,1-3H3,(H,13,15)/t8-/m1/s1. The molecule has 0 aromatic heterocycles. The van der Waals surface area contributed by atoms with Gasteiger partial charge in [-0.15, -0.1) is 0 Å². The van der Waals surface area contributed by atoms with Crippen molar-refractivity contribution in [1.29, 1.82) is 0 Å². The molecular weight excluding hydrogens is 236 g/mol. The summed E-state index contributed by atoms with van der Waals surface area (Å²) in [7, 11) is 1.35. The van der Waals surface area contributed by atoms with E-state index in [4.69, 9.17) is 4.74 Å². The first-order valence-electron chi connectivity index (χ1n) is 5.62. The van der Waals surface area contributed by atoms with Crippen LogP contribution in [0.2, 0.25) is 0 Å². The minimum atomic E-state index is -0.571. The maximum atomic E-state index is 11.8. The van der Waals surface area contributed by atoms with Crippen molar-refractivity contribution in [3.8, 4) is 5.75 Å². The lowest BCUT2D eigenvalue weighted by Crippen LogP contribution is -2.31. The number of hydrogen-bond acceptors (Lipinski definition) is 4. The van der Waals surface area contributed by atoms with E-state index in [1.165, 1.54) is 25.3 Å². The molecule has 1 atom stereocenters. The van der Waals surface area contributed by atoms with Crippen LogP contribution in [0.4, 0.5) is 5.69 Å². The van der Waals surface area contributed by atoms with Crippen LogP contribution in [-0.4, -0.2) is 24.0 Å². The molecule has 0 unspecified atom stereocenters. The van der Waals surface area contributed by atoms with E-state index in [1.54, 1.807) is 0 Å². The van der Waals surface area contributed by atoms with Crippen LogP contribution in [0, 0.1) is 10.1 Å². The zero-order valence-electron chi connectivity index (χ0n) is 10.6. The van der Waals surface area contributed by atoms with Crippen molar-refractivity contribution in [3.63, 3.8) is 0 Å². The first-order valence-corrected chi connectivity index (χ1v) is 5.62. The Labute approximate surface area is 105 Å². The van der Waals surface area contributed by atoms with E-state index < -0.39 is 4.92 Å². The molecule has 0 aliphatic heterocycles. The molecule has 0 saturated heterocycles. The average Bonchev–Trinajstić information content (AvgIpc) is 2.37. The number of carbonyl (C=O) groups is 1. The van der Waals surface area contributed by atoms with Gasteiger partial charge in [-0.3, -0.25) is 14.9 Å². The lowest BCUT2D eigenvalue weighted by molar-refractivity contribution is -0.385. The molecule has 1 amide bonds. The molecule has 0 aliphatic carbocycles. The van der Waals surface area contributed by atoms with Crippen molar-refractivity contribution in [2.75, 3.05) is 7.11 Å². The predicted octanol–water partition coefficient (Wildman–Crippen LogP) is 2.13.